The zero-order chi connectivity index (χ0) is 16.3. The molecule has 2 aromatic rings. The third-order valence-electron chi connectivity index (χ3n) is 3.41. The molecule has 5 heteroatoms. The Hall–Kier alpha value is -2.30. The van der Waals surface area contributed by atoms with Crippen molar-refractivity contribution in [3.05, 3.63) is 46.4 Å². The Morgan fingerprint density at radius 3 is 2.36 bits per heavy atom. The summed E-state index contributed by atoms with van der Waals surface area (Å²) in [5.74, 6) is 0.0960. The molecule has 0 aliphatic rings. The lowest BCUT2D eigenvalue weighted by Crippen LogP contribution is -2.26. The predicted octanol–water partition coefficient (Wildman–Crippen LogP) is 2.82. The van der Waals surface area contributed by atoms with Gasteiger partial charge in [-0.15, -0.1) is 0 Å². The maximum Gasteiger partial charge on any atom is 0.291 e. The first kappa shape index (κ1) is 16.1. The first-order valence-corrected chi connectivity index (χ1v) is 7.63. The fourth-order valence-corrected chi connectivity index (χ4v) is 2.60. The van der Waals surface area contributed by atoms with Gasteiger partial charge >= 0.3 is 0 Å². The lowest BCUT2D eigenvalue weighted by atomic mass is 10.2. The number of carbonyl (C=O) groups excluding carboxylic acids is 1. The van der Waals surface area contributed by atoms with Crippen LogP contribution in [0.25, 0.3) is 5.69 Å². The van der Waals surface area contributed by atoms with Gasteiger partial charge in [0.15, 0.2) is 0 Å². The van der Waals surface area contributed by atoms with E-state index < -0.39 is 0 Å². The highest BCUT2D eigenvalue weighted by atomic mass is 16.2. The van der Waals surface area contributed by atoms with Gasteiger partial charge in [-0.05, 0) is 24.5 Å². The van der Waals surface area contributed by atoms with Crippen LogP contribution in [0, 0.1) is 5.92 Å². The van der Waals surface area contributed by atoms with Crippen LogP contribution in [0.1, 0.15) is 33.4 Å². The van der Waals surface area contributed by atoms with Crippen LogP contribution in [0.2, 0.25) is 0 Å². The number of nitrogens with one attached hydrogen (secondary N) is 1. The second kappa shape index (κ2) is 6.64. The van der Waals surface area contributed by atoms with Crippen LogP contribution in [0.4, 0.5) is 5.69 Å². The Kier molecular flexibility index (Phi) is 4.85. The number of benzene rings is 1. The second-order valence-electron chi connectivity index (χ2n) is 5.78. The highest BCUT2D eigenvalue weighted by Gasteiger charge is 2.21. The van der Waals surface area contributed by atoms with Gasteiger partial charge in [-0.3, -0.25) is 14.3 Å². The topological polar surface area (TPSA) is 56.0 Å². The largest absolute Gasteiger partial charge is 0.320 e. The molecule has 0 bridgehead atoms. The van der Waals surface area contributed by atoms with E-state index in [0.29, 0.717) is 24.6 Å². The summed E-state index contributed by atoms with van der Waals surface area (Å²) < 4.78 is 3.64. The van der Waals surface area contributed by atoms with E-state index in [9.17, 15) is 9.59 Å². The number of hydrogen-bond donors (Lipinski definition) is 1. The fourth-order valence-electron chi connectivity index (χ4n) is 2.60. The zero-order valence-electron chi connectivity index (χ0n) is 13.6. The van der Waals surface area contributed by atoms with E-state index in [1.54, 1.807) is 4.68 Å². The number of anilines is 1. The van der Waals surface area contributed by atoms with E-state index in [-0.39, 0.29) is 11.5 Å². The van der Waals surface area contributed by atoms with Gasteiger partial charge in [0.25, 0.3) is 5.56 Å². The highest BCUT2D eigenvalue weighted by Crippen LogP contribution is 2.19. The Balaban J connectivity index is 2.72. The zero-order valence-corrected chi connectivity index (χ0v) is 13.6. The summed E-state index contributed by atoms with van der Waals surface area (Å²) in [6.45, 7) is 8.14. The van der Waals surface area contributed by atoms with E-state index in [0.717, 1.165) is 11.4 Å². The molecular formula is C17H23N3O2. The molecule has 5 nitrogen and oxygen atoms in total. The number of hydrogen-bond acceptors (Lipinski definition) is 2. The Bertz CT molecular complexity index is 711. The fraction of sp³-hybridized carbons (Fsp3) is 0.412. The van der Waals surface area contributed by atoms with Crippen molar-refractivity contribution in [1.29, 1.82) is 0 Å². The third kappa shape index (κ3) is 3.13. The number of nitrogens with zero attached hydrogens (tertiary/aromatic N) is 2. The summed E-state index contributed by atoms with van der Waals surface area (Å²) in [7, 11) is 0. The molecule has 0 radical (unpaired) electrons. The molecule has 118 valence electrons. The predicted molar refractivity (Wildman–Crippen MR) is 88.5 cm³/mol. The van der Waals surface area contributed by atoms with Crippen LogP contribution in [-0.2, 0) is 17.8 Å². The van der Waals surface area contributed by atoms with Crippen molar-refractivity contribution >= 4 is 11.6 Å². The minimum absolute atomic E-state index is 0.149. The van der Waals surface area contributed by atoms with E-state index >= 15 is 0 Å². The average Bonchev–Trinajstić information content (AvgIpc) is 2.72. The monoisotopic (exact) mass is 301 g/mol. The van der Waals surface area contributed by atoms with E-state index in [1.807, 2.05) is 41.9 Å². The molecule has 1 amide bonds. The van der Waals surface area contributed by atoms with E-state index in [1.165, 1.54) is 6.92 Å². The normalized spacial score (nSPS) is 11.0. The molecule has 0 saturated heterocycles. The molecule has 0 spiro atoms. The van der Waals surface area contributed by atoms with Crippen LogP contribution < -0.4 is 10.9 Å². The number of rotatable bonds is 5. The van der Waals surface area contributed by atoms with E-state index in [2.05, 4.69) is 19.2 Å². The van der Waals surface area contributed by atoms with Crippen LogP contribution in [0.5, 0.6) is 0 Å². The van der Waals surface area contributed by atoms with Gasteiger partial charge in [-0.2, -0.15) is 0 Å². The van der Waals surface area contributed by atoms with Crippen molar-refractivity contribution in [1.82, 2.24) is 9.36 Å². The Morgan fingerprint density at radius 2 is 1.86 bits per heavy atom. The van der Waals surface area contributed by atoms with Crippen LogP contribution in [0.15, 0.2) is 35.1 Å². The quantitative estimate of drug-likeness (QED) is 0.923. The lowest BCUT2D eigenvalue weighted by Gasteiger charge is -2.16. The third-order valence-corrected chi connectivity index (χ3v) is 3.41. The van der Waals surface area contributed by atoms with Gasteiger partial charge in [0.1, 0.15) is 5.69 Å². The number of carbonyl (C=O) groups is 1. The molecule has 0 fully saturated rings. The maximum absolute atomic E-state index is 12.7. The van der Waals surface area contributed by atoms with Gasteiger partial charge in [0, 0.05) is 13.5 Å². The molecule has 1 N–H and O–H groups in total. The standard InChI is InChI=1S/C17H23N3O2/c1-5-15-16(18-13(4)21)17(22)19(11-12(2)3)20(15)14-9-7-6-8-10-14/h6-10,12H,5,11H2,1-4H3,(H,18,21). The molecule has 2 rings (SSSR count). The molecule has 1 aromatic carbocycles. The summed E-state index contributed by atoms with van der Waals surface area (Å²) in [5.41, 5.74) is 1.99. The number of amides is 1. The summed E-state index contributed by atoms with van der Waals surface area (Å²) in [6, 6.07) is 9.76. The molecule has 1 aromatic heterocycles. The number of para-hydroxylation sites is 1. The summed E-state index contributed by atoms with van der Waals surface area (Å²) in [5, 5.41) is 2.70. The molecule has 0 unspecified atom stereocenters. The smallest absolute Gasteiger partial charge is 0.291 e. The molecular weight excluding hydrogens is 278 g/mol. The second-order valence-corrected chi connectivity index (χ2v) is 5.78. The SMILES string of the molecule is CCc1c(NC(C)=O)c(=O)n(CC(C)C)n1-c1ccccc1. The molecule has 0 saturated carbocycles. The lowest BCUT2D eigenvalue weighted by molar-refractivity contribution is -0.114. The van der Waals surface area contributed by atoms with Crippen molar-refractivity contribution in [3.8, 4) is 5.69 Å². The highest BCUT2D eigenvalue weighted by molar-refractivity contribution is 5.89. The molecule has 0 aliphatic carbocycles. The van der Waals surface area contributed by atoms with Crippen molar-refractivity contribution in [2.45, 2.75) is 40.7 Å². The van der Waals surface area contributed by atoms with Crippen molar-refractivity contribution in [3.63, 3.8) is 0 Å². The minimum atomic E-state index is -0.228. The van der Waals surface area contributed by atoms with E-state index in [4.69, 9.17) is 0 Å². The van der Waals surface area contributed by atoms with Gasteiger partial charge in [-0.25, -0.2) is 4.68 Å². The minimum Gasteiger partial charge on any atom is -0.320 e. The molecule has 1 heterocycles. The maximum atomic E-state index is 12.7. The summed E-state index contributed by atoms with van der Waals surface area (Å²) >= 11 is 0. The first-order chi connectivity index (χ1) is 10.5. The average molecular weight is 301 g/mol. The van der Waals surface area contributed by atoms with Gasteiger partial charge in [0.05, 0.1) is 11.4 Å². The Labute approximate surface area is 130 Å². The van der Waals surface area contributed by atoms with Gasteiger partial charge in [-0.1, -0.05) is 39.0 Å². The molecule has 22 heavy (non-hydrogen) atoms. The summed E-state index contributed by atoms with van der Waals surface area (Å²) in [6.07, 6.45) is 0.658. The van der Waals surface area contributed by atoms with Crippen LogP contribution >= 0.6 is 0 Å². The van der Waals surface area contributed by atoms with Gasteiger partial charge < -0.3 is 5.32 Å². The van der Waals surface area contributed by atoms with Gasteiger partial charge in [0.2, 0.25) is 5.91 Å². The van der Waals surface area contributed by atoms with Crippen molar-refractivity contribution in [2.24, 2.45) is 5.92 Å². The first-order valence-electron chi connectivity index (χ1n) is 7.63. The van der Waals surface area contributed by atoms with Crippen molar-refractivity contribution < 1.29 is 4.79 Å². The van der Waals surface area contributed by atoms with Crippen molar-refractivity contribution in [2.75, 3.05) is 5.32 Å². The van der Waals surface area contributed by atoms with Crippen LogP contribution in [0.3, 0.4) is 0 Å². The number of aromatic nitrogens is 2. The molecule has 0 aliphatic heterocycles. The molecule has 0 atom stereocenters. The Morgan fingerprint density at radius 1 is 1.23 bits per heavy atom. The van der Waals surface area contributed by atoms with Crippen LogP contribution in [-0.4, -0.2) is 15.3 Å². The summed E-state index contributed by atoms with van der Waals surface area (Å²) in [4.78, 5) is 24.2.